The zero-order valence-corrected chi connectivity index (χ0v) is 13.5. The van der Waals surface area contributed by atoms with E-state index >= 15 is 0 Å². The molecule has 0 aliphatic carbocycles. The van der Waals surface area contributed by atoms with Crippen molar-refractivity contribution < 1.29 is 20.1 Å². The first-order chi connectivity index (χ1) is 11.1. The van der Waals surface area contributed by atoms with Crippen molar-refractivity contribution in [3.05, 3.63) is 66.3 Å². The number of aliphatic hydroxyl groups excluding tert-OH is 3. The first-order valence-corrected chi connectivity index (χ1v) is 7.80. The minimum atomic E-state index is -0.627. The summed E-state index contributed by atoms with van der Waals surface area (Å²) in [6, 6.07) is 7.80. The van der Waals surface area contributed by atoms with Crippen LogP contribution in [0, 0.1) is 6.92 Å². The van der Waals surface area contributed by atoms with E-state index in [1.165, 1.54) is 5.56 Å². The van der Waals surface area contributed by atoms with Crippen molar-refractivity contribution in [2.45, 2.75) is 32.0 Å². The number of benzene rings is 1. The molecule has 1 aromatic carbocycles. The fourth-order valence-electron chi connectivity index (χ4n) is 1.77. The van der Waals surface area contributed by atoms with Crippen LogP contribution in [0.2, 0.25) is 0 Å². The predicted molar refractivity (Wildman–Crippen MR) is 92.4 cm³/mol. The van der Waals surface area contributed by atoms with Gasteiger partial charge in [-0.1, -0.05) is 54.2 Å². The molecule has 126 valence electrons. The monoisotopic (exact) mass is 318 g/mol. The molecule has 0 aliphatic heterocycles. The van der Waals surface area contributed by atoms with Gasteiger partial charge in [0.05, 0.1) is 18.8 Å². The summed E-state index contributed by atoms with van der Waals surface area (Å²) < 4.78 is 5.55. The van der Waals surface area contributed by atoms with Crippen LogP contribution in [0.4, 0.5) is 0 Å². The largest absolute Gasteiger partial charge is 0.493 e. The van der Waals surface area contributed by atoms with Gasteiger partial charge in [-0.25, -0.2) is 0 Å². The van der Waals surface area contributed by atoms with Crippen molar-refractivity contribution in [2.75, 3.05) is 13.2 Å². The normalized spacial score (nSPS) is 14.8. The molecule has 4 heteroatoms. The molecule has 0 radical (unpaired) electrons. The zero-order valence-electron chi connectivity index (χ0n) is 13.5. The molecule has 1 aromatic rings. The highest BCUT2D eigenvalue weighted by Gasteiger charge is 1.99. The lowest BCUT2D eigenvalue weighted by Gasteiger charge is -2.08. The van der Waals surface area contributed by atoms with Crippen LogP contribution in [0.5, 0.6) is 5.75 Å². The van der Waals surface area contributed by atoms with E-state index in [4.69, 9.17) is 9.84 Å². The highest BCUT2D eigenvalue weighted by molar-refractivity contribution is 5.26. The lowest BCUT2D eigenvalue weighted by Crippen LogP contribution is -2.08. The minimum Gasteiger partial charge on any atom is -0.493 e. The first kappa shape index (κ1) is 19.2. The topological polar surface area (TPSA) is 69.9 Å². The Bertz CT molecular complexity index is 503. The predicted octanol–water partition coefficient (Wildman–Crippen LogP) is 2.54. The molecule has 0 aliphatic rings. The van der Waals surface area contributed by atoms with E-state index in [-0.39, 0.29) is 6.61 Å². The number of aryl methyl sites for hydroxylation is 1. The van der Waals surface area contributed by atoms with Gasteiger partial charge in [-0.3, -0.25) is 0 Å². The summed E-state index contributed by atoms with van der Waals surface area (Å²) in [5.74, 6) is 0.804. The summed E-state index contributed by atoms with van der Waals surface area (Å²) in [5.41, 5.74) is 1.19. The quantitative estimate of drug-likeness (QED) is 0.580. The maximum atomic E-state index is 9.80. The van der Waals surface area contributed by atoms with Crippen LogP contribution in [-0.2, 0) is 0 Å². The Morgan fingerprint density at radius 2 is 1.48 bits per heavy atom. The lowest BCUT2D eigenvalue weighted by atomic mass is 10.2. The van der Waals surface area contributed by atoms with Crippen molar-refractivity contribution in [1.82, 2.24) is 0 Å². The van der Waals surface area contributed by atoms with Crippen molar-refractivity contribution >= 4 is 0 Å². The van der Waals surface area contributed by atoms with Gasteiger partial charge in [-0.15, -0.1) is 0 Å². The Kier molecular flexibility index (Phi) is 9.71. The van der Waals surface area contributed by atoms with Crippen molar-refractivity contribution in [1.29, 1.82) is 0 Å². The van der Waals surface area contributed by atoms with Gasteiger partial charge < -0.3 is 20.1 Å². The van der Waals surface area contributed by atoms with E-state index in [9.17, 15) is 10.2 Å². The van der Waals surface area contributed by atoms with Crippen LogP contribution in [0.3, 0.4) is 0 Å². The molecule has 0 heterocycles. The molecule has 0 bridgehead atoms. The standard InChI is InChI=1S/C19H26O4/c1-16-8-10-19(11-9-16)23-15-13-18(22)7-5-3-2-4-6-17(21)12-14-20/h2-11,17-18,20-22H,12-15H2,1H3. The summed E-state index contributed by atoms with van der Waals surface area (Å²) in [5, 5.41) is 27.8. The molecule has 0 saturated heterocycles. The van der Waals surface area contributed by atoms with Gasteiger partial charge in [0.2, 0.25) is 0 Å². The second-order valence-electron chi connectivity index (χ2n) is 5.25. The molecular weight excluding hydrogens is 292 g/mol. The van der Waals surface area contributed by atoms with Gasteiger partial charge >= 0.3 is 0 Å². The summed E-state index contributed by atoms with van der Waals surface area (Å²) in [6.45, 7) is 2.44. The number of hydrogen-bond donors (Lipinski definition) is 3. The van der Waals surface area contributed by atoms with Crippen LogP contribution >= 0.6 is 0 Å². The van der Waals surface area contributed by atoms with E-state index in [1.807, 2.05) is 31.2 Å². The Morgan fingerprint density at radius 1 is 0.913 bits per heavy atom. The van der Waals surface area contributed by atoms with Crippen LogP contribution in [0.25, 0.3) is 0 Å². The van der Waals surface area contributed by atoms with E-state index < -0.39 is 12.2 Å². The van der Waals surface area contributed by atoms with E-state index in [0.717, 1.165) is 5.75 Å². The Balaban J connectivity index is 2.20. The van der Waals surface area contributed by atoms with Crippen molar-refractivity contribution in [3.63, 3.8) is 0 Å². The molecule has 4 nitrogen and oxygen atoms in total. The average Bonchev–Trinajstić information content (AvgIpc) is 2.53. The van der Waals surface area contributed by atoms with Crippen LogP contribution in [0.1, 0.15) is 18.4 Å². The molecule has 0 spiro atoms. The van der Waals surface area contributed by atoms with E-state index in [2.05, 4.69) is 0 Å². The summed E-state index contributed by atoms with van der Waals surface area (Å²) >= 11 is 0. The SMILES string of the molecule is Cc1ccc(OCCC(O)C=CC=CC=CC(O)CCO)cc1. The molecule has 0 aromatic heterocycles. The van der Waals surface area contributed by atoms with E-state index in [1.54, 1.807) is 36.5 Å². The van der Waals surface area contributed by atoms with E-state index in [0.29, 0.717) is 19.4 Å². The molecule has 0 fully saturated rings. The van der Waals surface area contributed by atoms with Gasteiger partial charge in [-0.05, 0) is 25.5 Å². The third-order valence-corrected chi connectivity index (χ3v) is 3.13. The molecule has 3 N–H and O–H groups in total. The zero-order chi connectivity index (χ0) is 16.9. The number of hydrogen-bond acceptors (Lipinski definition) is 4. The summed E-state index contributed by atoms with van der Waals surface area (Å²) in [7, 11) is 0. The minimum absolute atomic E-state index is 0.0357. The van der Waals surface area contributed by atoms with Gasteiger partial charge in [0.1, 0.15) is 5.75 Å². The number of rotatable bonds is 10. The van der Waals surface area contributed by atoms with Crippen molar-refractivity contribution in [3.8, 4) is 5.75 Å². The molecule has 23 heavy (non-hydrogen) atoms. The van der Waals surface area contributed by atoms with Crippen LogP contribution < -0.4 is 4.74 Å². The number of allylic oxidation sites excluding steroid dienone is 4. The average molecular weight is 318 g/mol. The van der Waals surface area contributed by atoms with Gasteiger partial charge in [0, 0.05) is 13.0 Å². The fraction of sp³-hybridized carbons (Fsp3) is 0.368. The van der Waals surface area contributed by atoms with Gasteiger partial charge in [0.15, 0.2) is 0 Å². The maximum Gasteiger partial charge on any atom is 0.119 e. The lowest BCUT2D eigenvalue weighted by molar-refractivity contribution is 0.170. The molecule has 2 unspecified atom stereocenters. The van der Waals surface area contributed by atoms with Crippen molar-refractivity contribution in [2.24, 2.45) is 0 Å². The van der Waals surface area contributed by atoms with Gasteiger partial charge in [-0.2, -0.15) is 0 Å². The second-order valence-corrected chi connectivity index (χ2v) is 5.25. The Hall–Kier alpha value is -1.88. The molecule has 0 amide bonds. The molecule has 0 saturated carbocycles. The fourth-order valence-corrected chi connectivity index (χ4v) is 1.77. The second kappa shape index (κ2) is 11.7. The van der Waals surface area contributed by atoms with Gasteiger partial charge in [0.25, 0.3) is 0 Å². The third kappa shape index (κ3) is 9.68. The maximum absolute atomic E-state index is 9.80. The highest BCUT2D eigenvalue weighted by atomic mass is 16.5. The molecular formula is C19H26O4. The van der Waals surface area contributed by atoms with Crippen LogP contribution in [0.15, 0.2) is 60.7 Å². The van der Waals surface area contributed by atoms with Crippen LogP contribution in [-0.4, -0.2) is 40.7 Å². The summed E-state index contributed by atoms with van der Waals surface area (Å²) in [6.07, 6.45) is 9.94. The first-order valence-electron chi connectivity index (χ1n) is 7.80. The summed E-state index contributed by atoms with van der Waals surface area (Å²) in [4.78, 5) is 0. The highest BCUT2D eigenvalue weighted by Crippen LogP contribution is 2.11. The molecule has 1 rings (SSSR count). The third-order valence-electron chi connectivity index (χ3n) is 3.13. The smallest absolute Gasteiger partial charge is 0.119 e. The number of aliphatic hydroxyl groups is 3. The Morgan fingerprint density at radius 3 is 2.04 bits per heavy atom. The molecule has 2 atom stereocenters. The Labute approximate surface area is 138 Å². The number of ether oxygens (including phenoxy) is 1.